The van der Waals surface area contributed by atoms with E-state index in [2.05, 4.69) is 104 Å². The molecule has 0 aromatic heterocycles. The molecule has 0 aliphatic heterocycles. The number of carbonyl (C=O) groups excluding carboxylic acids is 1. The molecule has 0 fully saturated rings. The van der Waals surface area contributed by atoms with Gasteiger partial charge < -0.3 is 19.8 Å². The van der Waals surface area contributed by atoms with Crippen LogP contribution in [-0.4, -0.2) is 73.4 Å². The maximum Gasteiger partial charge on any atom is 0.472 e. The number of quaternary nitrogens is 1. The van der Waals surface area contributed by atoms with Crippen LogP contribution in [0.2, 0.25) is 0 Å². The quantitative estimate of drug-likeness (QED) is 0.0248. The number of phosphoric acid groups is 1. The van der Waals surface area contributed by atoms with E-state index >= 15 is 0 Å². The number of nitrogens with one attached hydrogen (secondary N) is 1. The van der Waals surface area contributed by atoms with Crippen LogP contribution in [0.1, 0.15) is 149 Å². The second kappa shape index (κ2) is 38.9. The van der Waals surface area contributed by atoms with Crippen molar-refractivity contribution in [1.29, 1.82) is 0 Å². The smallest absolute Gasteiger partial charge is 0.387 e. The standard InChI is InChI=1S/C48H83N2O6P/c1-6-8-10-12-14-16-18-20-22-24-26-27-29-31-33-35-37-39-41-47(51)46(45-56-57(53,54)55-44-43-50(3,4)5)49-48(52)42-40-38-36-34-32-30-28-25-23-21-19-17-15-13-11-9-7-2/h9,11,15,17,21,23-24,26,28,30-31,33-34,36,39,41,46-47,51H,6-8,10,12-14,16,18-20,22,25,27,29,32,35,37-38,40,42-45H2,1-5H3,(H-,49,52,53,54)/p+1/b11-9-,17-15-,23-21-,26-24+,30-28-,33-31+,36-34-,41-39+. The predicted octanol–water partition coefficient (Wildman–Crippen LogP) is 12.4. The molecule has 0 rings (SSSR count). The van der Waals surface area contributed by atoms with Gasteiger partial charge in [0.1, 0.15) is 13.2 Å². The highest BCUT2D eigenvalue weighted by Crippen LogP contribution is 2.43. The predicted molar refractivity (Wildman–Crippen MR) is 244 cm³/mol. The molecule has 0 aliphatic rings. The van der Waals surface area contributed by atoms with Crippen LogP contribution in [0.15, 0.2) is 97.2 Å². The van der Waals surface area contributed by atoms with Crippen molar-refractivity contribution in [3.05, 3.63) is 97.2 Å². The van der Waals surface area contributed by atoms with Gasteiger partial charge in [-0.1, -0.05) is 156 Å². The van der Waals surface area contributed by atoms with Gasteiger partial charge in [0.05, 0.1) is 39.9 Å². The Morgan fingerprint density at radius 3 is 1.61 bits per heavy atom. The van der Waals surface area contributed by atoms with Gasteiger partial charge in [-0.3, -0.25) is 13.8 Å². The lowest BCUT2D eigenvalue weighted by Gasteiger charge is -2.25. The summed E-state index contributed by atoms with van der Waals surface area (Å²) in [5.74, 6) is -0.253. The summed E-state index contributed by atoms with van der Waals surface area (Å²) in [6.07, 6.45) is 54.9. The van der Waals surface area contributed by atoms with E-state index in [0.717, 1.165) is 64.2 Å². The normalized spacial score (nSPS) is 15.3. The van der Waals surface area contributed by atoms with Crippen molar-refractivity contribution < 1.29 is 32.9 Å². The highest BCUT2D eigenvalue weighted by atomic mass is 31.2. The first-order chi connectivity index (χ1) is 27.5. The van der Waals surface area contributed by atoms with E-state index in [1.165, 1.54) is 57.8 Å². The van der Waals surface area contributed by atoms with E-state index in [0.29, 0.717) is 17.4 Å². The number of amides is 1. The molecular formula is C48H84N2O6P+. The van der Waals surface area contributed by atoms with Gasteiger partial charge in [0.15, 0.2) is 0 Å². The van der Waals surface area contributed by atoms with Gasteiger partial charge in [0.2, 0.25) is 5.91 Å². The Bertz CT molecular complexity index is 1240. The molecule has 3 N–H and O–H groups in total. The Balaban J connectivity index is 4.65. The molecule has 57 heavy (non-hydrogen) atoms. The molecule has 3 unspecified atom stereocenters. The summed E-state index contributed by atoms with van der Waals surface area (Å²) in [5.41, 5.74) is 0. The fraction of sp³-hybridized carbons (Fsp3) is 0.646. The summed E-state index contributed by atoms with van der Waals surface area (Å²) < 4.78 is 23.5. The zero-order chi connectivity index (χ0) is 42.1. The fourth-order valence-corrected chi connectivity index (χ4v) is 6.25. The van der Waals surface area contributed by atoms with Crippen LogP contribution in [0.5, 0.6) is 0 Å². The number of aliphatic hydroxyl groups is 1. The zero-order valence-electron chi connectivity index (χ0n) is 36.8. The molecule has 0 radical (unpaired) electrons. The van der Waals surface area contributed by atoms with Crippen molar-refractivity contribution in [2.45, 2.75) is 161 Å². The van der Waals surface area contributed by atoms with E-state index in [4.69, 9.17) is 9.05 Å². The molecule has 8 nitrogen and oxygen atoms in total. The third kappa shape index (κ3) is 41.4. The van der Waals surface area contributed by atoms with E-state index in [1.54, 1.807) is 6.08 Å². The molecule has 0 aromatic rings. The number of hydrogen-bond acceptors (Lipinski definition) is 5. The van der Waals surface area contributed by atoms with Gasteiger partial charge >= 0.3 is 7.82 Å². The zero-order valence-corrected chi connectivity index (χ0v) is 37.7. The number of rotatable bonds is 38. The number of nitrogens with zero attached hydrogens (tertiary/aromatic N) is 1. The van der Waals surface area contributed by atoms with E-state index in [1.807, 2.05) is 27.2 Å². The van der Waals surface area contributed by atoms with Crippen LogP contribution in [0.3, 0.4) is 0 Å². The molecule has 0 bridgehead atoms. The van der Waals surface area contributed by atoms with Crippen molar-refractivity contribution in [3.8, 4) is 0 Å². The molecule has 1 amide bonds. The summed E-state index contributed by atoms with van der Waals surface area (Å²) in [5, 5.41) is 13.8. The Hall–Kier alpha value is -2.58. The molecule has 0 saturated heterocycles. The van der Waals surface area contributed by atoms with E-state index in [9.17, 15) is 19.4 Å². The first-order valence-corrected chi connectivity index (χ1v) is 23.6. The lowest BCUT2D eigenvalue weighted by Crippen LogP contribution is -2.45. The van der Waals surface area contributed by atoms with Crippen LogP contribution in [-0.2, 0) is 18.4 Å². The molecule has 0 saturated carbocycles. The molecule has 3 atom stereocenters. The number of carbonyl (C=O) groups is 1. The number of likely N-dealkylation sites (N-methyl/N-ethyl adjacent to an activating group) is 1. The van der Waals surface area contributed by atoms with Crippen molar-refractivity contribution in [3.63, 3.8) is 0 Å². The molecule has 0 aromatic carbocycles. The molecule has 0 spiro atoms. The minimum Gasteiger partial charge on any atom is -0.387 e. The summed E-state index contributed by atoms with van der Waals surface area (Å²) in [7, 11) is 1.49. The Morgan fingerprint density at radius 2 is 1.07 bits per heavy atom. The number of aliphatic hydroxyl groups excluding tert-OH is 1. The number of allylic oxidation sites excluding steroid dienone is 15. The largest absolute Gasteiger partial charge is 0.472 e. The van der Waals surface area contributed by atoms with Crippen LogP contribution in [0.25, 0.3) is 0 Å². The summed E-state index contributed by atoms with van der Waals surface area (Å²) in [4.78, 5) is 23.1. The summed E-state index contributed by atoms with van der Waals surface area (Å²) in [6.45, 7) is 4.59. The van der Waals surface area contributed by atoms with Gasteiger partial charge in [-0.05, 0) is 83.5 Å². The third-order valence-electron chi connectivity index (χ3n) is 9.02. The molecule has 0 heterocycles. The van der Waals surface area contributed by atoms with Gasteiger partial charge in [-0.2, -0.15) is 0 Å². The average molecular weight is 816 g/mol. The Labute approximate surface area is 349 Å². The minimum absolute atomic E-state index is 0.0374. The van der Waals surface area contributed by atoms with Crippen molar-refractivity contribution in [2.24, 2.45) is 0 Å². The second-order valence-electron chi connectivity index (χ2n) is 15.7. The average Bonchev–Trinajstić information content (AvgIpc) is 3.16. The maximum absolute atomic E-state index is 12.8. The number of phosphoric ester groups is 1. The Kier molecular flexibility index (Phi) is 37.2. The highest BCUT2D eigenvalue weighted by Gasteiger charge is 2.27. The molecule has 9 heteroatoms. The van der Waals surface area contributed by atoms with Crippen LogP contribution in [0, 0.1) is 0 Å². The van der Waals surface area contributed by atoms with Crippen molar-refractivity contribution in [2.75, 3.05) is 40.9 Å². The van der Waals surface area contributed by atoms with Crippen molar-refractivity contribution in [1.82, 2.24) is 5.32 Å². The summed E-state index contributed by atoms with van der Waals surface area (Å²) in [6, 6.07) is -0.905. The first-order valence-electron chi connectivity index (χ1n) is 22.1. The van der Waals surface area contributed by atoms with Gasteiger partial charge in [0.25, 0.3) is 0 Å². The number of unbranched alkanes of at least 4 members (excludes halogenated alkanes) is 11. The second-order valence-corrected chi connectivity index (χ2v) is 17.1. The minimum atomic E-state index is -4.37. The highest BCUT2D eigenvalue weighted by molar-refractivity contribution is 7.47. The lowest BCUT2D eigenvalue weighted by atomic mass is 10.1. The molecule has 326 valence electrons. The van der Waals surface area contributed by atoms with Crippen LogP contribution < -0.4 is 5.32 Å². The SMILES string of the molecule is CC/C=C\C/C=C\C/C=C\C/C=C\C/C=C\CCCC(=O)NC(COP(=O)(O)OCC[N+](C)(C)C)C(O)/C=C/CC/C=C/CC/C=C/CCCCCCCCCC. The summed E-state index contributed by atoms with van der Waals surface area (Å²) >= 11 is 0. The van der Waals surface area contributed by atoms with Crippen molar-refractivity contribution >= 4 is 13.7 Å². The van der Waals surface area contributed by atoms with E-state index < -0.39 is 20.0 Å². The van der Waals surface area contributed by atoms with Gasteiger partial charge in [-0.15, -0.1) is 0 Å². The fourth-order valence-electron chi connectivity index (χ4n) is 5.52. The molecular weight excluding hydrogens is 732 g/mol. The third-order valence-corrected chi connectivity index (χ3v) is 10.00. The molecule has 0 aliphatic carbocycles. The van der Waals surface area contributed by atoms with E-state index in [-0.39, 0.29) is 25.5 Å². The van der Waals surface area contributed by atoms with Gasteiger partial charge in [0, 0.05) is 6.42 Å². The Morgan fingerprint density at radius 1 is 0.614 bits per heavy atom. The van der Waals surface area contributed by atoms with Crippen LogP contribution in [0.4, 0.5) is 0 Å². The number of hydrogen-bond donors (Lipinski definition) is 3. The topological polar surface area (TPSA) is 105 Å². The lowest BCUT2D eigenvalue weighted by molar-refractivity contribution is -0.870. The maximum atomic E-state index is 12.8. The van der Waals surface area contributed by atoms with Gasteiger partial charge in [-0.25, -0.2) is 4.57 Å². The first kappa shape index (κ1) is 54.4. The van der Waals surface area contributed by atoms with Crippen LogP contribution >= 0.6 is 7.82 Å². The monoisotopic (exact) mass is 816 g/mol.